The molecule has 4 nitrogen and oxygen atoms in total. The molecule has 1 aliphatic rings. The Balaban J connectivity index is 2.12. The van der Waals surface area contributed by atoms with Gasteiger partial charge >= 0.3 is 0 Å². The van der Waals surface area contributed by atoms with Gasteiger partial charge in [-0.1, -0.05) is 0 Å². The van der Waals surface area contributed by atoms with E-state index in [0.717, 1.165) is 13.1 Å². The van der Waals surface area contributed by atoms with Crippen LogP contribution in [0, 0.1) is 0 Å². The smallest absolute Gasteiger partial charge is 0.140 e. The molecule has 1 aliphatic heterocycles. The van der Waals surface area contributed by atoms with Gasteiger partial charge in [-0.3, -0.25) is 0 Å². The van der Waals surface area contributed by atoms with Crippen LogP contribution in [0.3, 0.4) is 0 Å². The topological polar surface area (TPSA) is 54.2 Å². The number of aromatic nitrogens is 1. The first-order valence-electron chi connectivity index (χ1n) is 4.58. The molecular weight excluding hydrogens is 164 g/mol. The molecule has 2 rings (SSSR count). The Morgan fingerprint density at radius 3 is 2.62 bits per heavy atom. The van der Waals surface area contributed by atoms with Crippen LogP contribution >= 0.6 is 0 Å². The number of hydrogen-bond donors (Lipinski definition) is 2. The van der Waals surface area contributed by atoms with Crippen molar-refractivity contribution in [3.63, 3.8) is 0 Å². The van der Waals surface area contributed by atoms with E-state index in [0.29, 0.717) is 5.82 Å². The summed E-state index contributed by atoms with van der Waals surface area (Å²) in [6.45, 7) is 2.30. The fraction of sp³-hybridized carbons (Fsp3) is 0.444. The number of hydrogen-bond acceptors (Lipinski definition) is 4. The number of nitrogens with zero attached hydrogens (tertiary/aromatic N) is 2. The van der Waals surface area contributed by atoms with Crippen molar-refractivity contribution in [2.75, 3.05) is 23.4 Å². The Bertz CT molecular complexity index is 263. The van der Waals surface area contributed by atoms with Crippen LogP contribution in [0.4, 0.5) is 11.5 Å². The maximum atomic E-state index is 5.23. The summed E-state index contributed by atoms with van der Waals surface area (Å²) in [6, 6.07) is 3.95. The third-order valence-corrected chi connectivity index (χ3v) is 2.37. The first kappa shape index (κ1) is 8.31. The maximum Gasteiger partial charge on any atom is 0.140 e. The molecule has 70 valence electrons. The number of nitrogens with one attached hydrogen (secondary N) is 1. The number of nitrogens with two attached hydrogens (primary N) is 1. The fourth-order valence-corrected chi connectivity index (χ4v) is 1.63. The van der Waals surface area contributed by atoms with Crippen molar-refractivity contribution in [1.82, 2.24) is 4.98 Å². The van der Waals surface area contributed by atoms with Gasteiger partial charge in [-0.25, -0.2) is 10.8 Å². The zero-order chi connectivity index (χ0) is 9.10. The minimum atomic E-state index is 0.711. The number of anilines is 2. The van der Waals surface area contributed by atoms with Crippen LogP contribution in [0.15, 0.2) is 18.3 Å². The third kappa shape index (κ3) is 1.72. The second kappa shape index (κ2) is 3.62. The highest BCUT2D eigenvalue weighted by atomic mass is 15.2. The molecule has 0 unspecified atom stereocenters. The molecule has 1 saturated heterocycles. The molecule has 4 heteroatoms. The summed E-state index contributed by atoms with van der Waals surface area (Å²) in [7, 11) is 0. The van der Waals surface area contributed by atoms with Gasteiger partial charge < -0.3 is 10.3 Å². The van der Waals surface area contributed by atoms with Gasteiger partial charge in [0.15, 0.2) is 0 Å². The summed E-state index contributed by atoms with van der Waals surface area (Å²) in [5.41, 5.74) is 3.71. The van der Waals surface area contributed by atoms with Crippen LogP contribution in [0.25, 0.3) is 0 Å². The molecule has 0 aromatic carbocycles. The molecule has 0 atom stereocenters. The molecule has 0 spiro atoms. The molecule has 1 fully saturated rings. The third-order valence-electron chi connectivity index (χ3n) is 2.37. The Morgan fingerprint density at radius 1 is 1.31 bits per heavy atom. The molecule has 0 radical (unpaired) electrons. The number of hydrazine groups is 1. The zero-order valence-electron chi connectivity index (χ0n) is 7.53. The average molecular weight is 178 g/mol. The predicted octanol–water partition coefficient (Wildman–Crippen LogP) is 0.967. The van der Waals surface area contributed by atoms with E-state index in [9.17, 15) is 0 Å². The average Bonchev–Trinajstić information content (AvgIpc) is 2.71. The minimum Gasteiger partial charge on any atom is -0.370 e. The van der Waals surface area contributed by atoms with Crippen molar-refractivity contribution in [2.24, 2.45) is 5.84 Å². The van der Waals surface area contributed by atoms with Crippen molar-refractivity contribution in [1.29, 1.82) is 0 Å². The summed E-state index contributed by atoms with van der Waals surface area (Å²) in [4.78, 5) is 6.50. The highest BCUT2D eigenvalue weighted by Gasteiger charge is 2.11. The van der Waals surface area contributed by atoms with Crippen LogP contribution in [0.5, 0.6) is 0 Å². The SMILES string of the molecule is NNc1ccc(N2CCCC2)cn1. The largest absolute Gasteiger partial charge is 0.370 e. The lowest BCUT2D eigenvalue weighted by molar-refractivity contribution is 0.949. The highest BCUT2D eigenvalue weighted by Crippen LogP contribution is 2.19. The van der Waals surface area contributed by atoms with E-state index in [-0.39, 0.29) is 0 Å². The molecule has 1 aromatic rings. The lowest BCUT2D eigenvalue weighted by atomic mass is 10.4. The maximum absolute atomic E-state index is 5.23. The standard InChI is InChI=1S/C9H14N4/c10-12-9-4-3-8(7-11-9)13-5-1-2-6-13/h3-4,7H,1-2,5-6,10H2,(H,11,12). The first-order valence-corrected chi connectivity index (χ1v) is 4.58. The van der Waals surface area contributed by atoms with Crippen LogP contribution in [-0.2, 0) is 0 Å². The predicted molar refractivity (Wildman–Crippen MR) is 53.5 cm³/mol. The Morgan fingerprint density at radius 2 is 2.08 bits per heavy atom. The summed E-state index contributed by atoms with van der Waals surface area (Å²) in [5, 5.41) is 0. The number of nitrogen functional groups attached to an aromatic ring is 1. The Hall–Kier alpha value is -1.29. The van der Waals surface area contributed by atoms with Gasteiger partial charge in [0.2, 0.25) is 0 Å². The Labute approximate surface area is 77.7 Å². The normalized spacial score (nSPS) is 16.2. The summed E-state index contributed by atoms with van der Waals surface area (Å²) < 4.78 is 0. The Kier molecular flexibility index (Phi) is 2.31. The van der Waals surface area contributed by atoms with E-state index in [2.05, 4.69) is 15.3 Å². The van der Waals surface area contributed by atoms with Crippen molar-refractivity contribution in [3.8, 4) is 0 Å². The van der Waals surface area contributed by atoms with Gasteiger partial charge in [-0.2, -0.15) is 0 Å². The first-order chi connectivity index (χ1) is 6.40. The summed E-state index contributed by atoms with van der Waals surface area (Å²) in [6.07, 6.45) is 4.44. The van der Waals surface area contributed by atoms with Gasteiger partial charge in [0.1, 0.15) is 5.82 Å². The molecule has 0 saturated carbocycles. The molecule has 0 bridgehead atoms. The summed E-state index contributed by atoms with van der Waals surface area (Å²) >= 11 is 0. The van der Waals surface area contributed by atoms with Crippen molar-refractivity contribution < 1.29 is 0 Å². The van der Waals surface area contributed by atoms with Gasteiger partial charge in [0.25, 0.3) is 0 Å². The van der Waals surface area contributed by atoms with E-state index in [1.54, 1.807) is 0 Å². The van der Waals surface area contributed by atoms with E-state index >= 15 is 0 Å². The van der Waals surface area contributed by atoms with Crippen LogP contribution in [-0.4, -0.2) is 18.1 Å². The number of pyridine rings is 1. The molecular formula is C9H14N4. The number of rotatable bonds is 2. The quantitative estimate of drug-likeness (QED) is 0.523. The summed E-state index contributed by atoms with van der Waals surface area (Å²) in [5.74, 6) is 5.94. The molecule has 0 aliphatic carbocycles. The fourth-order valence-electron chi connectivity index (χ4n) is 1.63. The van der Waals surface area contributed by atoms with Crippen LogP contribution in [0.1, 0.15) is 12.8 Å². The second-order valence-corrected chi connectivity index (χ2v) is 3.24. The zero-order valence-corrected chi connectivity index (χ0v) is 7.53. The lowest BCUT2D eigenvalue weighted by Gasteiger charge is -2.16. The van der Waals surface area contributed by atoms with Gasteiger partial charge in [-0.15, -0.1) is 0 Å². The highest BCUT2D eigenvalue weighted by molar-refractivity contribution is 5.49. The molecule has 1 aromatic heterocycles. The lowest BCUT2D eigenvalue weighted by Crippen LogP contribution is -2.18. The van der Waals surface area contributed by atoms with E-state index in [1.165, 1.54) is 18.5 Å². The van der Waals surface area contributed by atoms with E-state index < -0.39 is 0 Å². The molecule has 3 N–H and O–H groups in total. The monoisotopic (exact) mass is 178 g/mol. The van der Waals surface area contributed by atoms with Gasteiger partial charge in [0.05, 0.1) is 11.9 Å². The van der Waals surface area contributed by atoms with Crippen LogP contribution in [0.2, 0.25) is 0 Å². The van der Waals surface area contributed by atoms with Crippen LogP contribution < -0.4 is 16.2 Å². The van der Waals surface area contributed by atoms with E-state index in [4.69, 9.17) is 5.84 Å². The van der Waals surface area contributed by atoms with E-state index in [1.807, 2.05) is 18.3 Å². The van der Waals surface area contributed by atoms with Crippen molar-refractivity contribution in [3.05, 3.63) is 18.3 Å². The second-order valence-electron chi connectivity index (χ2n) is 3.24. The van der Waals surface area contributed by atoms with Crippen molar-refractivity contribution >= 4 is 11.5 Å². The molecule has 13 heavy (non-hydrogen) atoms. The molecule has 2 heterocycles. The van der Waals surface area contributed by atoms with Gasteiger partial charge in [0, 0.05) is 13.1 Å². The van der Waals surface area contributed by atoms with Crippen molar-refractivity contribution in [2.45, 2.75) is 12.8 Å². The minimum absolute atomic E-state index is 0.711. The van der Waals surface area contributed by atoms with Gasteiger partial charge in [-0.05, 0) is 25.0 Å². The molecule has 0 amide bonds.